The van der Waals surface area contributed by atoms with E-state index >= 15 is 0 Å². The van der Waals surface area contributed by atoms with Gasteiger partial charge in [0.25, 0.3) is 0 Å². The second-order valence-corrected chi connectivity index (χ2v) is 10.9. The first-order chi connectivity index (χ1) is 14.4. The average molecular weight is 430 g/mol. The number of carbonyl (C=O) groups is 2. The zero-order chi connectivity index (χ0) is 21.3. The first-order valence-corrected chi connectivity index (χ1v) is 12.5. The number of fused-ring (bicyclic) bond motifs is 2. The molecule has 1 aromatic rings. The number of rotatable bonds is 5. The van der Waals surface area contributed by atoms with Crippen LogP contribution in [0.25, 0.3) is 0 Å². The van der Waals surface area contributed by atoms with Crippen molar-refractivity contribution < 1.29 is 9.59 Å². The topological polar surface area (TPSA) is 61.4 Å². The summed E-state index contributed by atoms with van der Waals surface area (Å²) >= 11 is 1.84. The van der Waals surface area contributed by atoms with Gasteiger partial charge < -0.3 is 15.5 Å². The van der Waals surface area contributed by atoms with Gasteiger partial charge in [0.15, 0.2) is 0 Å². The third-order valence-electron chi connectivity index (χ3n) is 6.87. The van der Waals surface area contributed by atoms with Crippen molar-refractivity contribution in [2.75, 3.05) is 12.3 Å². The van der Waals surface area contributed by atoms with Crippen molar-refractivity contribution in [3.05, 3.63) is 35.4 Å². The molecule has 0 aromatic heterocycles. The minimum absolute atomic E-state index is 0.00861. The Morgan fingerprint density at radius 3 is 2.83 bits per heavy atom. The summed E-state index contributed by atoms with van der Waals surface area (Å²) in [5.74, 6) is 1.07. The molecule has 2 fully saturated rings. The van der Waals surface area contributed by atoms with Gasteiger partial charge in [-0.1, -0.05) is 45.0 Å². The molecule has 2 amide bonds. The summed E-state index contributed by atoms with van der Waals surface area (Å²) in [6.45, 7) is 7.23. The largest absolute Gasteiger partial charge is 0.347 e. The number of amides is 2. The number of aryl methyl sites for hydroxylation is 1. The molecule has 0 spiro atoms. The van der Waals surface area contributed by atoms with Gasteiger partial charge in [-0.3, -0.25) is 9.59 Å². The molecule has 2 saturated heterocycles. The third-order valence-corrected chi connectivity index (χ3v) is 8.12. The molecule has 5 nitrogen and oxygen atoms in total. The maximum absolute atomic E-state index is 13.6. The van der Waals surface area contributed by atoms with E-state index < -0.39 is 6.04 Å². The Kier molecular flexibility index (Phi) is 6.44. The molecule has 3 aliphatic rings. The number of nitrogens with zero attached hydrogens (tertiary/aromatic N) is 1. The van der Waals surface area contributed by atoms with Crippen molar-refractivity contribution in [2.45, 2.75) is 82.8 Å². The lowest BCUT2D eigenvalue weighted by molar-refractivity contribution is -0.142. The molecule has 2 heterocycles. The monoisotopic (exact) mass is 429 g/mol. The number of thioether (sulfide) groups is 1. The standard InChI is InChI=1S/C24H35N3O2S/c1-4-13-25-19-12-14-30-20-15-24(2,3)21(27(20)23(19)29)22(28)26-18-11-7-9-16-8-5-6-10-17(16)18/h5-6,8,10,18-21,25H,4,7,9,11-15H2,1-3H3,(H,26,28)/t18-,19+,20+,21-/m1/s1. The molecule has 4 rings (SSSR count). The fourth-order valence-electron chi connectivity index (χ4n) is 5.38. The Bertz CT molecular complexity index is 794. The van der Waals surface area contributed by atoms with E-state index in [1.54, 1.807) is 0 Å². The normalized spacial score (nSPS) is 30.4. The minimum Gasteiger partial charge on any atom is -0.347 e. The second-order valence-electron chi connectivity index (χ2n) is 9.61. The summed E-state index contributed by atoms with van der Waals surface area (Å²) in [5.41, 5.74) is 2.34. The van der Waals surface area contributed by atoms with Crippen LogP contribution in [-0.2, 0) is 16.0 Å². The van der Waals surface area contributed by atoms with Crippen molar-refractivity contribution >= 4 is 23.6 Å². The summed E-state index contributed by atoms with van der Waals surface area (Å²) in [5, 5.41) is 6.85. The fraction of sp³-hybridized carbons (Fsp3) is 0.667. The van der Waals surface area contributed by atoms with Crippen LogP contribution >= 0.6 is 11.8 Å². The summed E-state index contributed by atoms with van der Waals surface area (Å²) in [7, 11) is 0. The van der Waals surface area contributed by atoms with E-state index in [2.05, 4.69) is 55.7 Å². The molecule has 1 aliphatic carbocycles. The SMILES string of the molecule is CCCN[C@H]1CCS[C@H]2CC(C)(C)[C@@H](C(=O)N[C@@H]3CCCc4ccccc43)N2C1=O. The van der Waals surface area contributed by atoms with Crippen LogP contribution in [0.4, 0.5) is 0 Å². The van der Waals surface area contributed by atoms with Crippen molar-refractivity contribution in [1.82, 2.24) is 15.5 Å². The van der Waals surface area contributed by atoms with Gasteiger partial charge in [0.05, 0.1) is 17.5 Å². The van der Waals surface area contributed by atoms with Gasteiger partial charge in [0, 0.05) is 0 Å². The van der Waals surface area contributed by atoms with E-state index in [0.29, 0.717) is 0 Å². The molecule has 30 heavy (non-hydrogen) atoms. The molecule has 164 valence electrons. The van der Waals surface area contributed by atoms with E-state index in [9.17, 15) is 9.59 Å². The van der Waals surface area contributed by atoms with Crippen LogP contribution in [0.5, 0.6) is 0 Å². The van der Waals surface area contributed by atoms with Crippen LogP contribution in [0.15, 0.2) is 24.3 Å². The highest BCUT2D eigenvalue weighted by molar-refractivity contribution is 7.99. The van der Waals surface area contributed by atoms with E-state index in [0.717, 1.165) is 50.8 Å². The summed E-state index contributed by atoms with van der Waals surface area (Å²) in [6, 6.07) is 7.88. The summed E-state index contributed by atoms with van der Waals surface area (Å²) < 4.78 is 0. The molecule has 0 bridgehead atoms. The highest BCUT2D eigenvalue weighted by Gasteiger charge is 2.54. The number of carbonyl (C=O) groups excluding carboxylic acids is 2. The van der Waals surface area contributed by atoms with E-state index in [-0.39, 0.29) is 34.7 Å². The molecular formula is C24H35N3O2S. The van der Waals surface area contributed by atoms with Gasteiger partial charge in [0.1, 0.15) is 6.04 Å². The molecule has 6 heteroatoms. The maximum atomic E-state index is 13.6. The molecule has 0 saturated carbocycles. The highest BCUT2D eigenvalue weighted by Crippen LogP contribution is 2.46. The van der Waals surface area contributed by atoms with Crippen molar-refractivity contribution in [1.29, 1.82) is 0 Å². The number of hydrogen-bond donors (Lipinski definition) is 2. The van der Waals surface area contributed by atoms with Crippen LogP contribution in [-0.4, -0.2) is 46.5 Å². The number of benzene rings is 1. The first-order valence-electron chi connectivity index (χ1n) is 11.5. The molecular weight excluding hydrogens is 394 g/mol. The van der Waals surface area contributed by atoms with Crippen LogP contribution in [0, 0.1) is 5.41 Å². The lowest BCUT2D eigenvalue weighted by Crippen LogP contribution is -2.56. The van der Waals surface area contributed by atoms with Gasteiger partial charge >= 0.3 is 0 Å². The fourth-order valence-corrected chi connectivity index (χ4v) is 6.96. The predicted octanol–water partition coefficient (Wildman–Crippen LogP) is 3.64. The molecule has 2 aliphatic heterocycles. The lowest BCUT2D eigenvalue weighted by Gasteiger charge is -2.36. The van der Waals surface area contributed by atoms with E-state index in [1.165, 1.54) is 11.1 Å². The predicted molar refractivity (Wildman–Crippen MR) is 122 cm³/mol. The number of nitrogens with one attached hydrogen (secondary N) is 2. The molecule has 0 radical (unpaired) electrons. The Hall–Kier alpha value is -1.53. The minimum atomic E-state index is -0.416. The zero-order valence-electron chi connectivity index (χ0n) is 18.4. The molecule has 0 unspecified atom stereocenters. The molecule has 1 aromatic carbocycles. The van der Waals surface area contributed by atoms with Gasteiger partial charge in [-0.25, -0.2) is 0 Å². The van der Waals surface area contributed by atoms with Crippen LogP contribution in [0.3, 0.4) is 0 Å². The quantitative estimate of drug-likeness (QED) is 0.750. The third kappa shape index (κ3) is 4.13. The maximum Gasteiger partial charge on any atom is 0.243 e. The van der Waals surface area contributed by atoms with Gasteiger partial charge in [-0.05, 0) is 67.4 Å². The Morgan fingerprint density at radius 1 is 1.23 bits per heavy atom. The van der Waals surface area contributed by atoms with E-state index in [1.807, 2.05) is 16.7 Å². The Balaban J connectivity index is 1.57. The van der Waals surface area contributed by atoms with E-state index in [4.69, 9.17) is 0 Å². The van der Waals surface area contributed by atoms with Crippen molar-refractivity contribution in [2.24, 2.45) is 5.41 Å². The molecule has 4 atom stereocenters. The first kappa shape index (κ1) is 21.7. The zero-order valence-corrected chi connectivity index (χ0v) is 19.3. The highest BCUT2D eigenvalue weighted by atomic mass is 32.2. The summed E-state index contributed by atoms with van der Waals surface area (Å²) in [6.07, 6.45) is 5.82. The Morgan fingerprint density at radius 2 is 2.03 bits per heavy atom. The van der Waals surface area contributed by atoms with Crippen LogP contribution < -0.4 is 10.6 Å². The van der Waals surface area contributed by atoms with Gasteiger partial charge in [0.2, 0.25) is 11.8 Å². The van der Waals surface area contributed by atoms with Crippen molar-refractivity contribution in [3.63, 3.8) is 0 Å². The lowest BCUT2D eigenvalue weighted by atomic mass is 9.83. The van der Waals surface area contributed by atoms with Crippen LogP contribution in [0.2, 0.25) is 0 Å². The Labute approximate surface area is 184 Å². The average Bonchev–Trinajstić information content (AvgIpc) is 2.91. The van der Waals surface area contributed by atoms with Crippen molar-refractivity contribution in [3.8, 4) is 0 Å². The van der Waals surface area contributed by atoms with Gasteiger partial charge in [-0.15, -0.1) is 11.8 Å². The van der Waals surface area contributed by atoms with Crippen LogP contribution in [0.1, 0.15) is 70.0 Å². The summed E-state index contributed by atoms with van der Waals surface area (Å²) in [4.78, 5) is 29.1. The van der Waals surface area contributed by atoms with Gasteiger partial charge in [-0.2, -0.15) is 0 Å². The number of hydrogen-bond acceptors (Lipinski definition) is 4. The second kappa shape index (κ2) is 8.91. The molecule has 2 N–H and O–H groups in total. The smallest absolute Gasteiger partial charge is 0.243 e.